The largest absolute Gasteiger partial charge is 0.399 e. The van der Waals surface area contributed by atoms with Crippen LogP contribution in [0.4, 0.5) is 11.4 Å². The van der Waals surface area contributed by atoms with Crippen LogP contribution in [-0.2, 0) is 4.79 Å². The molecule has 0 aliphatic carbocycles. The zero-order chi connectivity index (χ0) is 14.0. The summed E-state index contributed by atoms with van der Waals surface area (Å²) in [4.78, 5) is 25.8. The van der Waals surface area contributed by atoms with Crippen molar-refractivity contribution >= 4 is 28.2 Å². The van der Waals surface area contributed by atoms with E-state index < -0.39 is 6.04 Å². The van der Waals surface area contributed by atoms with Crippen molar-refractivity contribution in [2.45, 2.75) is 13.0 Å². The Morgan fingerprint density at radius 2 is 2.11 bits per heavy atom. The van der Waals surface area contributed by atoms with E-state index in [1.807, 2.05) is 0 Å². The van der Waals surface area contributed by atoms with Crippen LogP contribution in [-0.4, -0.2) is 24.0 Å². The fourth-order valence-electron chi connectivity index (χ4n) is 1.91. The first-order valence-corrected chi connectivity index (χ1v) is 5.92. The number of hydrogen-bond donors (Lipinski definition) is 4. The van der Waals surface area contributed by atoms with Crippen molar-refractivity contribution in [3.05, 3.63) is 34.6 Å². The molecule has 0 bridgehead atoms. The number of carbonyl (C=O) groups excluding carboxylic acids is 1. The normalized spacial score (nSPS) is 12.1. The predicted octanol–water partition coefficient (Wildman–Crippen LogP) is 0.657. The number of pyridine rings is 1. The number of nitrogen functional groups attached to an aromatic ring is 1. The number of nitrogens with one attached hydrogen (secondary N) is 3. The van der Waals surface area contributed by atoms with Crippen molar-refractivity contribution in [2.75, 3.05) is 18.1 Å². The molecule has 0 radical (unpaired) electrons. The van der Waals surface area contributed by atoms with Gasteiger partial charge in [-0.05, 0) is 25.1 Å². The first kappa shape index (κ1) is 12.9. The van der Waals surface area contributed by atoms with Crippen LogP contribution in [0.25, 0.3) is 10.9 Å². The lowest BCUT2D eigenvalue weighted by Gasteiger charge is -2.15. The summed E-state index contributed by atoms with van der Waals surface area (Å²) in [6.07, 6.45) is 0. The number of hydrogen-bond acceptors (Lipinski definition) is 4. The number of aromatic amines is 1. The van der Waals surface area contributed by atoms with Gasteiger partial charge in [0.15, 0.2) is 0 Å². The van der Waals surface area contributed by atoms with Gasteiger partial charge in [-0.1, -0.05) is 0 Å². The minimum atomic E-state index is -0.448. The lowest BCUT2D eigenvalue weighted by atomic mass is 10.1. The summed E-state index contributed by atoms with van der Waals surface area (Å²) < 4.78 is 0. The molecule has 1 unspecified atom stereocenters. The Balaban J connectivity index is 2.49. The van der Waals surface area contributed by atoms with Crippen LogP contribution in [0.1, 0.15) is 6.92 Å². The van der Waals surface area contributed by atoms with Crippen LogP contribution in [0.3, 0.4) is 0 Å². The van der Waals surface area contributed by atoms with E-state index in [9.17, 15) is 9.59 Å². The Morgan fingerprint density at radius 1 is 1.37 bits per heavy atom. The molecule has 1 aromatic heterocycles. The summed E-state index contributed by atoms with van der Waals surface area (Å²) in [5.41, 5.74) is 7.37. The zero-order valence-electron chi connectivity index (χ0n) is 10.8. The van der Waals surface area contributed by atoms with Crippen molar-refractivity contribution in [3.63, 3.8) is 0 Å². The molecule has 0 spiro atoms. The molecule has 2 aromatic rings. The van der Waals surface area contributed by atoms with Gasteiger partial charge in [0.1, 0.15) is 6.04 Å². The maximum atomic E-state index is 11.6. The van der Waals surface area contributed by atoms with E-state index in [2.05, 4.69) is 15.6 Å². The Bertz CT molecular complexity index is 678. The Hall–Kier alpha value is -2.50. The minimum Gasteiger partial charge on any atom is -0.399 e. The molecule has 6 nitrogen and oxygen atoms in total. The van der Waals surface area contributed by atoms with Crippen LogP contribution in [0.15, 0.2) is 29.1 Å². The molecule has 1 heterocycles. The number of likely N-dealkylation sites (N-methyl/N-ethyl adjacent to an activating group) is 1. The molecule has 5 N–H and O–H groups in total. The highest BCUT2D eigenvalue weighted by atomic mass is 16.2. The van der Waals surface area contributed by atoms with Crippen LogP contribution in [0.2, 0.25) is 0 Å². The van der Waals surface area contributed by atoms with E-state index in [1.54, 1.807) is 32.2 Å². The van der Waals surface area contributed by atoms with Crippen molar-refractivity contribution in [2.24, 2.45) is 0 Å². The third-order valence-corrected chi connectivity index (χ3v) is 2.88. The van der Waals surface area contributed by atoms with Gasteiger partial charge < -0.3 is 21.4 Å². The summed E-state index contributed by atoms with van der Waals surface area (Å²) >= 11 is 0. The fraction of sp³-hybridized carbons (Fsp3) is 0.231. The Kier molecular flexibility index (Phi) is 3.41. The number of H-pyrrole nitrogens is 1. The molecule has 1 amide bonds. The van der Waals surface area contributed by atoms with Gasteiger partial charge in [-0.2, -0.15) is 0 Å². The Morgan fingerprint density at radius 3 is 2.79 bits per heavy atom. The van der Waals surface area contributed by atoms with Crippen LogP contribution in [0.5, 0.6) is 0 Å². The van der Waals surface area contributed by atoms with Gasteiger partial charge in [-0.15, -0.1) is 0 Å². The third-order valence-electron chi connectivity index (χ3n) is 2.88. The van der Waals surface area contributed by atoms with Crippen molar-refractivity contribution in [1.29, 1.82) is 0 Å². The standard InChI is InChI=1S/C13H16N4O2/c1-7(13(19)15-2)16-11-6-12(18)17-10-4-3-8(14)5-9(10)11/h3-7H,14H2,1-2H3,(H,15,19)(H2,16,17,18). The molecule has 0 saturated carbocycles. The second-order valence-electron chi connectivity index (χ2n) is 4.33. The van der Waals surface area contributed by atoms with Crippen LogP contribution < -0.4 is 21.9 Å². The average Bonchev–Trinajstić information content (AvgIpc) is 2.38. The van der Waals surface area contributed by atoms with Gasteiger partial charge in [0, 0.05) is 29.9 Å². The average molecular weight is 260 g/mol. The first-order valence-electron chi connectivity index (χ1n) is 5.92. The lowest BCUT2D eigenvalue weighted by Crippen LogP contribution is -2.35. The molecule has 19 heavy (non-hydrogen) atoms. The molecule has 100 valence electrons. The molecule has 1 atom stereocenters. The number of fused-ring (bicyclic) bond motifs is 1. The first-order chi connectivity index (χ1) is 9.01. The van der Waals surface area contributed by atoms with E-state index in [4.69, 9.17) is 5.73 Å². The molecule has 0 fully saturated rings. The zero-order valence-corrected chi connectivity index (χ0v) is 10.8. The van der Waals surface area contributed by atoms with E-state index in [1.165, 1.54) is 6.07 Å². The molecular weight excluding hydrogens is 244 g/mol. The van der Waals surface area contributed by atoms with Crippen LogP contribution >= 0.6 is 0 Å². The smallest absolute Gasteiger partial charge is 0.250 e. The highest BCUT2D eigenvalue weighted by Gasteiger charge is 2.12. The topological polar surface area (TPSA) is 100 Å². The summed E-state index contributed by atoms with van der Waals surface area (Å²) in [6, 6.07) is 6.17. The van der Waals surface area contributed by atoms with Crippen LogP contribution in [0, 0.1) is 0 Å². The van der Waals surface area contributed by atoms with E-state index >= 15 is 0 Å². The van der Waals surface area contributed by atoms with E-state index in [0.29, 0.717) is 16.9 Å². The van der Waals surface area contributed by atoms with E-state index in [-0.39, 0.29) is 11.5 Å². The fourth-order valence-corrected chi connectivity index (χ4v) is 1.91. The van der Waals surface area contributed by atoms with Gasteiger partial charge in [-0.25, -0.2) is 0 Å². The predicted molar refractivity (Wildman–Crippen MR) is 76.1 cm³/mol. The maximum Gasteiger partial charge on any atom is 0.250 e. The molecule has 0 saturated heterocycles. The Labute approximate surface area is 110 Å². The number of amides is 1. The maximum absolute atomic E-state index is 11.6. The van der Waals surface area contributed by atoms with E-state index in [0.717, 1.165) is 5.39 Å². The molecule has 6 heteroatoms. The van der Waals surface area contributed by atoms with Crippen molar-refractivity contribution in [3.8, 4) is 0 Å². The quantitative estimate of drug-likeness (QED) is 0.609. The number of anilines is 2. The summed E-state index contributed by atoms with van der Waals surface area (Å²) in [7, 11) is 1.56. The number of benzene rings is 1. The molecule has 0 aliphatic rings. The monoisotopic (exact) mass is 260 g/mol. The highest BCUT2D eigenvalue weighted by Crippen LogP contribution is 2.22. The number of carbonyl (C=O) groups is 1. The number of nitrogens with two attached hydrogens (primary N) is 1. The summed E-state index contributed by atoms with van der Waals surface area (Å²) in [5.74, 6) is -0.155. The number of aromatic nitrogens is 1. The number of rotatable bonds is 3. The molecular formula is C13H16N4O2. The van der Waals surface area contributed by atoms with Gasteiger partial charge >= 0.3 is 0 Å². The summed E-state index contributed by atoms with van der Waals surface area (Å²) in [6.45, 7) is 1.72. The second kappa shape index (κ2) is 5.01. The van der Waals surface area contributed by atoms with Gasteiger partial charge in [0.2, 0.25) is 11.5 Å². The van der Waals surface area contributed by atoms with Gasteiger partial charge in [-0.3, -0.25) is 9.59 Å². The molecule has 1 aromatic carbocycles. The van der Waals surface area contributed by atoms with Crippen molar-refractivity contribution in [1.82, 2.24) is 10.3 Å². The highest BCUT2D eigenvalue weighted by molar-refractivity contribution is 5.95. The minimum absolute atomic E-state index is 0.155. The lowest BCUT2D eigenvalue weighted by molar-refractivity contribution is -0.121. The van der Waals surface area contributed by atoms with Gasteiger partial charge in [0.25, 0.3) is 0 Å². The summed E-state index contributed by atoms with van der Waals surface area (Å²) in [5, 5.41) is 6.34. The third kappa shape index (κ3) is 2.67. The van der Waals surface area contributed by atoms with Crippen molar-refractivity contribution < 1.29 is 4.79 Å². The SMILES string of the molecule is CNC(=O)C(C)Nc1cc(=O)[nH]c2ccc(N)cc12. The molecule has 0 aliphatic heterocycles. The molecule has 2 rings (SSSR count). The van der Waals surface area contributed by atoms with Gasteiger partial charge in [0.05, 0.1) is 5.52 Å². The second-order valence-corrected chi connectivity index (χ2v) is 4.33.